The van der Waals surface area contributed by atoms with Gasteiger partial charge in [-0.05, 0) is 26.8 Å². The van der Waals surface area contributed by atoms with Gasteiger partial charge in [0.1, 0.15) is 0 Å². The minimum atomic E-state index is -3.79. The fraction of sp³-hybridized carbons (Fsp3) is 0.455. The maximum Gasteiger partial charge on any atom is 0.275 e. The van der Waals surface area contributed by atoms with Crippen LogP contribution in [0.1, 0.15) is 19.4 Å². The molecule has 0 aliphatic rings. The van der Waals surface area contributed by atoms with Crippen molar-refractivity contribution in [3.63, 3.8) is 0 Å². The fourth-order valence-electron chi connectivity index (χ4n) is 1.42. The second-order valence-electron chi connectivity index (χ2n) is 4.42. The fourth-order valence-corrected chi connectivity index (χ4v) is 3.12. The molecule has 0 bridgehead atoms. The minimum Gasteiger partial charge on any atom is -0.258 e. The lowest BCUT2D eigenvalue weighted by molar-refractivity contribution is -0.385. The first-order valence-electron chi connectivity index (χ1n) is 5.51. The number of hydrogen-bond acceptors (Lipinski definition) is 4. The molecule has 106 valence electrons. The standard InChI is InChI=1S/C11H15ClN2O4S/c1-7(2)13(4)19(17,18)9-5-10(12)8(3)11(6-9)14(15)16/h5-7H,1-4H3. The van der Waals surface area contributed by atoms with E-state index in [2.05, 4.69) is 0 Å². The van der Waals surface area contributed by atoms with Crippen LogP contribution >= 0.6 is 11.6 Å². The molecule has 8 heteroatoms. The van der Waals surface area contributed by atoms with Crippen LogP contribution < -0.4 is 0 Å². The summed E-state index contributed by atoms with van der Waals surface area (Å²) in [7, 11) is -2.37. The summed E-state index contributed by atoms with van der Waals surface area (Å²) in [6.45, 7) is 4.90. The number of sulfonamides is 1. The molecule has 0 saturated heterocycles. The molecule has 0 fully saturated rings. The van der Waals surface area contributed by atoms with E-state index in [0.29, 0.717) is 0 Å². The van der Waals surface area contributed by atoms with E-state index in [4.69, 9.17) is 11.6 Å². The zero-order chi connectivity index (χ0) is 15.0. The molecule has 0 unspecified atom stereocenters. The van der Waals surface area contributed by atoms with Gasteiger partial charge < -0.3 is 0 Å². The number of halogens is 1. The summed E-state index contributed by atoms with van der Waals surface area (Å²) < 4.78 is 25.6. The van der Waals surface area contributed by atoms with Crippen LogP contribution in [0.15, 0.2) is 17.0 Å². The Balaban J connectivity index is 3.49. The van der Waals surface area contributed by atoms with Gasteiger partial charge in [-0.2, -0.15) is 4.31 Å². The van der Waals surface area contributed by atoms with Crippen molar-refractivity contribution < 1.29 is 13.3 Å². The first-order valence-corrected chi connectivity index (χ1v) is 7.33. The van der Waals surface area contributed by atoms with Crippen molar-refractivity contribution in [3.05, 3.63) is 32.8 Å². The first-order chi connectivity index (χ1) is 8.59. The highest BCUT2D eigenvalue weighted by Gasteiger charge is 2.27. The molecule has 0 aliphatic heterocycles. The lowest BCUT2D eigenvalue weighted by Gasteiger charge is -2.21. The summed E-state index contributed by atoms with van der Waals surface area (Å²) in [6.07, 6.45) is 0. The van der Waals surface area contributed by atoms with E-state index in [1.165, 1.54) is 20.0 Å². The molecule has 0 heterocycles. The number of benzene rings is 1. The van der Waals surface area contributed by atoms with Gasteiger partial charge in [0.2, 0.25) is 10.0 Å². The molecule has 0 aromatic heterocycles. The van der Waals surface area contributed by atoms with Crippen LogP contribution in [-0.2, 0) is 10.0 Å². The molecule has 0 aliphatic carbocycles. The molecule has 0 spiro atoms. The Kier molecular flexibility index (Phi) is 4.54. The normalized spacial score (nSPS) is 12.2. The second kappa shape index (κ2) is 5.44. The largest absolute Gasteiger partial charge is 0.275 e. The molecular weight excluding hydrogens is 292 g/mol. The van der Waals surface area contributed by atoms with E-state index in [-0.39, 0.29) is 27.2 Å². The Labute approximate surface area is 117 Å². The Bertz CT molecular complexity index is 613. The van der Waals surface area contributed by atoms with Gasteiger partial charge in [0, 0.05) is 24.7 Å². The predicted octanol–water partition coefficient (Wildman–Crippen LogP) is 2.59. The van der Waals surface area contributed by atoms with Gasteiger partial charge in [0.15, 0.2) is 0 Å². The maximum atomic E-state index is 12.3. The SMILES string of the molecule is Cc1c(Cl)cc(S(=O)(=O)N(C)C(C)C)cc1[N+](=O)[O-]. The topological polar surface area (TPSA) is 80.5 Å². The van der Waals surface area contributed by atoms with Crippen LogP contribution in [-0.4, -0.2) is 30.7 Å². The Morgan fingerprint density at radius 1 is 1.37 bits per heavy atom. The van der Waals surface area contributed by atoms with Crippen LogP contribution in [0.3, 0.4) is 0 Å². The van der Waals surface area contributed by atoms with Crippen LogP contribution in [0.2, 0.25) is 5.02 Å². The third-order valence-corrected chi connectivity index (χ3v) is 5.30. The van der Waals surface area contributed by atoms with Gasteiger partial charge in [0.25, 0.3) is 5.69 Å². The van der Waals surface area contributed by atoms with Crippen molar-refractivity contribution in [1.82, 2.24) is 4.31 Å². The second-order valence-corrected chi connectivity index (χ2v) is 6.83. The molecule has 19 heavy (non-hydrogen) atoms. The molecular formula is C11H15ClN2O4S. The van der Waals surface area contributed by atoms with Gasteiger partial charge in [-0.25, -0.2) is 8.42 Å². The molecule has 0 radical (unpaired) electrons. The number of rotatable bonds is 4. The average molecular weight is 307 g/mol. The first kappa shape index (κ1) is 15.9. The van der Waals surface area contributed by atoms with E-state index in [1.54, 1.807) is 13.8 Å². The van der Waals surface area contributed by atoms with E-state index >= 15 is 0 Å². The molecule has 0 saturated carbocycles. The van der Waals surface area contributed by atoms with Crippen LogP contribution in [0.4, 0.5) is 5.69 Å². The molecule has 0 amide bonds. The Hall–Kier alpha value is -1.18. The van der Waals surface area contributed by atoms with Gasteiger partial charge in [0.05, 0.1) is 14.8 Å². The highest BCUT2D eigenvalue weighted by atomic mass is 35.5. The van der Waals surface area contributed by atoms with Crippen molar-refractivity contribution in [2.24, 2.45) is 0 Å². The lowest BCUT2D eigenvalue weighted by atomic mass is 10.2. The lowest BCUT2D eigenvalue weighted by Crippen LogP contribution is -2.33. The quantitative estimate of drug-likeness (QED) is 0.632. The van der Waals surface area contributed by atoms with E-state index in [9.17, 15) is 18.5 Å². The number of nitro groups is 1. The summed E-state index contributed by atoms with van der Waals surface area (Å²) in [4.78, 5) is 10.1. The number of nitro benzene ring substituents is 1. The zero-order valence-corrected chi connectivity index (χ0v) is 12.6. The molecule has 1 aromatic carbocycles. The average Bonchev–Trinajstić information content (AvgIpc) is 2.30. The van der Waals surface area contributed by atoms with Crippen molar-refractivity contribution in [1.29, 1.82) is 0 Å². The highest BCUT2D eigenvalue weighted by molar-refractivity contribution is 7.89. The summed E-state index contributed by atoms with van der Waals surface area (Å²) in [5.74, 6) is 0. The zero-order valence-electron chi connectivity index (χ0n) is 11.0. The number of nitrogens with zero attached hydrogens (tertiary/aromatic N) is 2. The van der Waals surface area contributed by atoms with Crippen LogP contribution in [0, 0.1) is 17.0 Å². The van der Waals surface area contributed by atoms with E-state index < -0.39 is 14.9 Å². The third kappa shape index (κ3) is 3.05. The van der Waals surface area contributed by atoms with Crippen molar-refractivity contribution in [3.8, 4) is 0 Å². The van der Waals surface area contributed by atoms with Crippen molar-refractivity contribution in [2.75, 3.05) is 7.05 Å². The molecule has 0 N–H and O–H groups in total. The molecule has 1 aromatic rings. The Morgan fingerprint density at radius 3 is 2.32 bits per heavy atom. The van der Waals surface area contributed by atoms with Crippen molar-refractivity contribution in [2.45, 2.75) is 31.7 Å². The van der Waals surface area contributed by atoms with E-state index in [0.717, 1.165) is 10.4 Å². The van der Waals surface area contributed by atoms with Gasteiger partial charge >= 0.3 is 0 Å². The molecule has 6 nitrogen and oxygen atoms in total. The van der Waals surface area contributed by atoms with Gasteiger partial charge in [-0.1, -0.05) is 11.6 Å². The van der Waals surface area contributed by atoms with Crippen molar-refractivity contribution >= 4 is 27.3 Å². The highest BCUT2D eigenvalue weighted by Crippen LogP contribution is 2.30. The molecule has 1 rings (SSSR count). The summed E-state index contributed by atoms with van der Waals surface area (Å²) in [5.41, 5.74) is -0.0546. The predicted molar refractivity (Wildman–Crippen MR) is 72.9 cm³/mol. The number of hydrogen-bond donors (Lipinski definition) is 0. The third-order valence-electron chi connectivity index (χ3n) is 2.89. The maximum absolute atomic E-state index is 12.3. The molecule has 0 atom stereocenters. The minimum absolute atomic E-state index is 0.0601. The summed E-state index contributed by atoms with van der Waals surface area (Å²) in [6, 6.07) is 2.01. The monoisotopic (exact) mass is 306 g/mol. The van der Waals surface area contributed by atoms with E-state index in [1.807, 2.05) is 0 Å². The summed E-state index contributed by atoms with van der Waals surface area (Å²) >= 11 is 5.87. The smallest absolute Gasteiger partial charge is 0.258 e. The van der Waals surface area contributed by atoms with Gasteiger partial charge in [-0.3, -0.25) is 10.1 Å². The Morgan fingerprint density at radius 2 is 1.89 bits per heavy atom. The van der Waals surface area contributed by atoms with Crippen LogP contribution in [0.25, 0.3) is 0 Å². The summed E-state index contributed by atoms with van der Waals surface area (Å²) in [5, 5.41) is 11.0. The van der Waals surface area contributed by atoms with Gasteiger partial charge in [-0.15, -0.1) is 0 Å². The van der Waals surface area contributed by atoms with Crippen LogP contribution in [0.5, 0.6) is 0 Å².